The second kappa shape index (κ2) is 11.3. The van der Waals surface area contributed by atoms with Gasteiger partial charge in [0, 0.05) is 66.6 Å². The Morgan fingerprint density at radius 3 is 2.64 bits per heavy atom. The highest BCUT2D eigenvalue weighted by molar-refractivity contribution is 7.90. The number of hydrogen-bond donors (Lipinski definition) is 2. The molecular formula is C28H31N9O3S2. The summed E-state index contributed by atoms with van der Waals surface area (Å²) in [4.78, 5) is 34.0. The number of pyridine rings is 1. The molecule has 5 heterocycles. The van der Waals surface area contributed by atoms with Crippen molar-refractivity contribution in [3.63, 3.8) is 0 Å². The van der Waals surface area contributed by atoms with Gasteiger partial charge in [-0.3, -0.25) is 4.79 Å². The number of anilines is 3. The molecule has 0 radical (unpaired) electrons. The summed E-state index contributed by atoms with van der Waals surface area (Å²) in [6.45, 7) is 5.20. The fraction of sp³-hybridized carbons (Fsp3) is 0.321. The van der Waals surface area contributed by atoms with E-state index in [-0.39, 0.29) is 11.4 Å². The number of hydrogen-bond acceptors (Lipinski definition) is 11. The Hall–Kier alpha value is -4.14. The number of fused-ring (bicyclic) bond motifs is 1. The van der Waals surface area contributed by atoms with Crippen LogP contribution < -0.4 is 21.1 Å². The van der Waals surface area contributed by atoms with Gasteiger partial charge in [-0.05, 0) is 63.6 Å². The lowest BCUT2D eigenvalue weighted by atomic mass is 10.1. The minimum absolute atomic E-state index is 0.0252. The summed E-state index contributed by atoms with van der Waals surface area (Å²) in [5.41, 5.74) is 1.87. The summed E-state index contributed by atoms with van der Waals surface area (Å²) in [6.07, 6.45) is 8.23. The van der Waals surface area contributed by atoms with Gasteiger partial charge in [0.15, 0.2) is 16.6 Å². The van der Waals surface area contributed by atoms with Crippen LogP contribution in [0.25, 0.3) is 27.6 Å². The molecule has 0 bridgehead atoms. The average Bonchev–Trinajstić information content (AvgIpc) is 3.71. The summed E-state index contributed by atoms with van der Waals surface area (Å²) in [5.74, 6) is 0.332. The Kier molecular flexibility index (Phi) is 7.51. The Labute approximate surface area is 247 Å². The van der Waals surface area contributed by atoms with E-state index in [0.29, 0.717) is 28.2 Å². The van der Waals surface area contributed by atoms with Gasteiger partial charge in [-0.1, -0.05) is 0 Å². The zero-order valence-electron chi connectivity index (χ0n) is 23.4. The zero-order chi connectivity index (χ0) is 29.4. The van der Waals surface area contributed by atoms with Gasteiger partial charge in [0.25, 0.3) is 5.56 Å². The van der Waals surface area contributed by atoms with E-state index in [1.807, 2.05) is 12.1 Å². The number of rotatable bonds is 8. The van der Waals surface area contributed by atoms with Crippen LogP contribution in [-0.4, -0.2) is 68.3 Å². The van der Waals surface area contributed by atoms with Crippen molar-refractivity contribution in [2.24, 2.45) is 0 Å². The minimum Gasteiger partial charge on any atom is -0.370 e. The molecule has 0 aliphatic carbocycles. The van der Waals surface area contributed by atoms with E-state index in [4.69, 9.17) is 0 Å². The van der Waals surface area contributed by atoms with Crippen molar-refractivity contribution in [2.75, 3.05) is 30.4 Å². The monoisotopic (exact) mass is 605 g/mol. The van der Waals surface area contributed by atoms with Crippen molar-refractivity contribution in [1.29, 1.82) is 0 Å². The molecule has 2 N–H and O–H groups in total. The van der Waals surface area contributed by atoms with E-state index in [0.717, 1.165) is 34.9 Å². The molecule has 1 unspecified atom stereocenters. The largest absolute Gasteiger partial charge is 0.370 e. The molecule has 1 aromatic carbocycles. The number of nitrogens with zero attached hydrogens (tertiary/aromatic N) is 7. The molecule has 218 valence electrons. The summed E-state index contributed by atoms with van der Waals surface area (Å²) >= 11 is 1.27. The third-order valence-corrected chi connectivity index (χ3v) is 10.2. The van der Waals surface area contributed by atoms with E-state index < -0.39 is 20.8 Å². The maximum Gasteiger partial charge on any atom is 0.269 e. The summed E-state index contributed by atoms with van der Waals surface area (Å²) in [6, 6.07) is 10.1. The van der Waals surface area contributed by atoms with Crippen molar-refractivity contribution in [1.82, 2.24) is 33.8 Å². The van der Waals surface area contributed by atoms with Gasteiger partial charge in [0.1, 0.15) is 0 Å². The molecule has 5 aromatic rings. The first kappa shape index (κ1) is 28.0. The minimum atomic E-state index is -3.76. The smallest absolute Gasteiger partial charge is 0.269 e. The predicted octanol–water partition coefficient (Wildman–Crippen LogP) is 3.62. The first-order valence-electron chi connectivity index (χ1n) is 13.7. The first-order valence-corrected chi connectivity index (χ1v) is 16.0. The van der Waals surface area contributed by atoms with Crippen LogP contribution in [0.1, 0.15) is 26.7 Å². The molecule has 6 rings (SSSR count). The van der Waals surface area contributed by atoms with Crippen molar-refractivity contribution < 1.29 is 8.42 Å². The maximum absolute atomic E-state index is 13.9. The second-order valence-corrected chi connectivity index (χ2v) is 13.6. The summed E-state index contributed by atoms with van der Waals surface area (Å²) < 4.78 is 28.4. The molecule has 1 aliphatic heterocycles. The van der Waals surface area contributed by atoms with E-state index in [1.54, 1.807) is 37.7 Å². The third kappa shape index (κ3) is 5.16. The molecule has 4 aromatic heterocycles. The van der Waals surface area contributed by atoms with Crippen LogP contribution in [0.3, 0.4) is 0 Å². The lowest BCUT2D eigenvalue weighted by Gasteiger charge is -2.33. The molecule has 0 saturated carbocycles. The van der Waals surface area contributed by atoms with Crippen molar-refractivity contribution in [3.8, 4) is 16.5 Å². The zero-order valence-corrected chi connectivity index (χ0v) is 25.1. The molecule has 0 amide bonds. The number of piperidine rings is 1. The van der Waals surface area contributed by atoms with Crippen LogP contribution in [0, 0.1) is 0 Å². The molecule has 14 heteroatoms. The van der Waals surface area contributed by atoms with Gasteiger partial charge in [0.05, 0.1) is 10.8 Å². The number of aromatic nitrogens is 6. The Morgan fingerprint density at radius 1 is 1.14 bits per heavy atom. The van der Waals surface area contributed by atoms with Crippen LogP contribution >= 0.6 is 11.3 Å². The van der Waals surface area contributed by atoms with E-state index in [1.165, 1.54) is 34.7 Å². The van der Waals surface area contributed by atoms with Gasteiger partial charge in [-0.15, -0.1) is 11.3 Å². The van der Waals surface area contributed by atoms with Gasteiger partial charge < -0.3 is 15.5 Å². The molecule has 1 aliphatic rings. The Balaban J connectivity index is 1.38. The second-order valence-electron chi connectivity index (χ2n) is 10.4. The lowest BCUT2D eigenvalue weighted by molar-refractivity contribution is 0.445. The van der Waals surface area contributed by atoms with Crippen LogP contribution in [0.2, 0.25) is 0 Å². The fourth-order valence-corrected chi connectivity index (χ4v) is 6.72. The normalized spacial score (nSPS) is 15.8. The first-order chi connectivity index (χ1) is 20.2. The highest BCUT2D eigenvalue weighted by Gasteiger charge is 2.26. The highest BCUT2D eigenvalue weighted by Crippen LogP contribution is 2.26. The van der Waals surface area contributed by atoms with Crippen LogP contribution in [0.4, 0.5) is 17.3 Å². The van der Waals surface area contributed by atoms with Gasteiger partial charge in [-0.25, -0.2) is 31.9 Å². The Bertz CT molecular complexity index is 1880. The van der Waals surface area contributed by atoms with E-state index in [9.17, 15) is 13.2 Å². The van der Waals surface area contributed by atoms with Crippen LogP contribution in [0.5, 0.6) is 0 Å². The lowest BCUT2D eigenvalue weighted by Crippen LogP contribution is -2.44. The number of likely N-dealkylation sites (N-methyl/N-ethyl adjacent to an activating group) is 1. The van der Waals surface area contributed by atoms with Crippen LogP contribution in [0.15, 0.2) is 65.3 Å². The molecule has 0 spiro atoms. The molecule has 1 fully saturated rings. The van der Waals surface area contributed by atoms with Gasteiger partial charge >= 0.3 is 0 Å². The molecule has 1 atom stereocenters. The number of thiazole rings is 1. The molecular weight excluding hydrogens is 575 g/mol. The number of benzene rings is 1. The number of imidazole rings is 1. The molecule has 42 heavy (non-hydrogen) atoms. The third-order valence-electron chi connectivity index (χ3n) is 7.42. The van der Waals surface area contributed by atoms with E-state index >= 15 is 0 Å². The quantitative estimate of drug-likeness (QED) is 0.270. The molecule has 12 nitrogen and oxygen atoms in total. The predicted molar refractivity (Wildman–Crippen MR) is 166 cm³/mol. The van der Waals surface area contributed by atoms with Gasteiger partial charge in [-0.2, -0.15) is 4.98 Å². The maximum atomic E-state index is 13.9. The standard InChI is InChI=1S/C28H31N9O3S2/c1-18(2)42(39,40)36-13-11-30-25(36)23-15-19-16-32-27(34-24(19)37(26(23)38)28-31-12-14-41-28)33-20-6-8-21(9-7-20)35(3)22-5-4-10-29-17-22/h6-9,11-16,18,22,29H,4-5,10,17H2,1-3H3,(H,32,33,34). The van der Waals surface area contributed by atoms with Crippen molar-refractivity contribution >= 4 is 49.7 Å². The van der Waals surface area contributed by atoms with Crippen molar-refractivity contribution in [3.05, 3.63) is 70.9 Å². The summed E-state index contributed by atoms with van der Waals surface area (Å²) in [5, 5.41) is 8.67. The van der Waals surface area contributed by atoms with Crippen LogP contribution in [-0.2, 0) is 10.0 Å². The van der Waals surface area contributed by atoms with Crippen molar-refractivity contribution in [2.45, 2.75) is 38.0 Å². The SMILES string of the molecule is CC(C)S(=O)(=O)n1ccnc1-c1cc2cnc(Nc3ccc(N(C)C4CCCNC4)cc3)nc2n(-c2nccs2)c1=O. The topological polar surface area (TPSA) is 140 Å². The Morgan fingerprint density at radius 2 is 1.95 bits per heavy atom. The van der Waals surface area contributed by atoms with E-state index in [2.05, 4.69) is 54.6 Å². The molecule has 1 saturated heterocycles. The highest BCUT2D eigenvalue weighted by atomic mass is 32.2. The fourth-order valence-electron chi connectivity index (χ4n) is 5.02. The summed E-state index contributed by atoms with van der Waals surface area (Å²) in [7, 11) is -1.65. The number of nitrogens with one attached hydrogen (secondary N) is 2. The van der Waals surface area contributed by atoms with Gasteiger partial charge in [0.2, 0.25) is 16.0 Å². The average molecular weight is 606 g/mol.